The number of hydrogen-bond donors (Lipinski definition) is 1. The van der Waals surface area contributed by atoms with Gasteiger partial charge in [-0.3, -0.25) is 4.79 Å². The minimum atomic E-state index is -5.54. The standard InChI is InChI=1S/C18H18ClF3N2O5S2/c1-3-24(4-2)31(28,29)14-9-10-15(19)16(11-14)23-17(25)12-5-7-13(8-6-12)30(26,27)18(20,21)22/h5-11H,3-4H2,1-2H3,(H,23,25). The van der Waals surface area contributed by atoms with Crippen molar-refractivity contribution in [3.05, 3.63) is 53.1 Å². The smallest absolute Gasteiger partial charge is 0.321 e. The molecule has 2 rings (SSSR count). The zero-order valence-electron chi connectivity index (χ0n) is 16.3. The molecule has 0 spiro atoms. The average molecular weight is 499 g/mol. The summed E-state index contributed by atoms with van der Waals surface area (Å²) < 4.78 is 87.2. The number of benzene rings is 2. The van der Waals surface area contributed by atoms with Gasteiger partial charge in [0.2, 0.25) is 10.0 Å². The van der Waals surface area contributed by atoms with Crippen LogP contribution in [0.1, 0.15) is 24.2 Å². The van der Waals surface area contributed by atoms with E-state index in [9.17, 15) is 34.8 Å². The van der Waals surface area contributed by atoms with E-state index < -0.39 is 36.2 Å². The van der Waals surface area contributed by atoms with Gasteiger partial charge in [0, 0.05) is 18.7 Å². The maximum Gasteiger partial charge on any atom is 0.501 e. The van der Waals surface area contributed by atoms with Crippen LogP contribution in [0.2, 0.25) is 5.02 Å². The number of anilines is 1. The molecule has 1 N–H and O–H groups in total. The van der Waals surface area contributed by atoms with E-state index in [1.165, 1.54) is 16.4 Å². The van der Waals surface area contributed by atoms with Crippen molar-refractivity contribution in [2.24, 2.45) is 0 Å². The Balaban J connectivity index is 2.32. The lowest BCUT2D eigenvalue weighted by atomic mass is 10.2. The summed E-state index contributed by atoms with van der Waals surface area (Å²) in [4.78, 5) is 11.3. The molecule has 0 atom stereocenters. The molecule has 2 aromatic rings. The Bertz CT molecular complexity index is 1180. The van der Waals surface area contributed by atoms with Crippen molar-refractivity contribution in [2.45, 2.75) is 29.1 Å². The van der Waals surface area contributed by atoms with E-state index in [0.29, 0.717) is 12.1 Å². The lowest BCUT2D eigenvalue weighted by molar-refractivity contribution is -0.0436. The number of rotatable bonds is 7. The molecule has 2 aromatic carbocycles. The molecule has 0 aliphatic carbocycles. The summed E-state index contributed by atoms with van der Waals surface area (Å²) in [5.41, 5.74) is -5.66. The molecule has 170 valence electrons. The lowest BCUT2D eigenvalue weighted by Crippen LogP contribution is -2.30. The van der Waals surface area contributed by atoms with Crippen LogP contribution in [0.5, 0.6) is 0 Å². The molecule has 0 unspecified atom stereocenters. The van der Waals surface area contributed by atoms with Gasteiger partial charge in [0.05, 0.1) is 20.5 Å². The first kappa shape index (κ1) is 25.1. The van der Waals surface area contributed by atoms with Crippen LogP contribution in [0.3, 0.4) is 0 Å². The largest absolute Gasteiger partial charge is 0.501 e. The van der Waals surface area contributed by atoms with Gasteiger partial charge in [-0.15, -0.1) is 0 Å². The SMILES string of the molecule is CCN(CC)S(=O)(=O)c1ccc(Cl)c(NC(=O)c2ccc(S(=O)(=O)C(F)(F)F)cc2)c1. The third-order valence-corrected chi connectivity index (χ3v) is 8.14. The van der Waals surface area contributed by atoms with Crippen molar-refractivity contribution in [3.8, 4) is 0 Å². The minimum Gasteiger partial charge on any atom is -0.321 e. The van der Waals surface area contributed by atoms with Gasteiger partial charge in [-0.05, 0) is 42.5 Å². The molecular weight excluding hydrogens is 481 g/mol. The van der Waals surface area contributed by atoms with Gasteiger partial charge in [0.1, 0.15) is 0 Å². The number of sulfone groups is 1. The number of hydrogen-bond acceptors (Lipinski definition) is 5. The number of carbonyl (C=O) groups is 1. The minimum absolute atomic E-state index is 0.0307. The Hall–Kier alpha value is -2.15. The molecule has 7 nitrogen and oxygen atoms in total. The number of carbonyl (C=O) groups excluding carboxylic acids is 1. The Morgan fingerprint density at radius 3 is 1.97 bits per heavy atom. The highest BCUT2D eigenvalue weighted by atomic mass is 35.5. The van der Waals surface area contributed by atoms with Crippen LogP contribution in [0.25, 0.3) is 0 Å². The Kier molecular flexibility index (Phi) is 7.41. The lowest BCUT2D eigenvalue weighted by Gasteiger charge is -2.19. The Morgan fingerprint density at radius 1 is 0.968 bits per heavy atom. The highest BCUT2D eigenvalue weighted by molar-refractivity contribution is 7.92. The first-order valence-electron chi connectivity index (χ1n) is 8.78. The monoisotopic (exact) mass is 498 g/mol. The van der Waals surface area contributed by atoms with Crippen LogP contribution in [0, 0.1) is 0 Å². The van der Waals surface area contributed by atoms with E-state index in [1.807, 2.05) is 0 Å². The van der Waals surface area contributed by atoms with Crippen molar-refractivity contribution >= 4 is 43.1 Å². The third-order valence-electron chi connectivity index (χ3n) is 4.26. The van der Waals surface area contributed by atoms with E-state index in [4.69, 9.17) is 11.6 Å². The van der Waals surface area contributed by atoms with Gasteiger partial charge in [-0.1, -0.05) is 25.4 Å². The number of nitrogens with zero attached hydrogens (tertiary/aromatic N) is 1. The molecule has 1 amide bonds. The highest BCUT2D eigenvalue weighted by Gasteiger charge is 2.46. The number of halogens is 4. The summed E-state index contributed by atoms with van der Waals surface area (Å²) in [6.45, 7) is 3.80. The van der Waals surface area contributed by atoms with Gasteiger partial charge in [-0.25, -0.2) is 16.8 Å². The quantitative estimate of drug-likeness (QED) is 0.623. The second-order valence-corrected chi connectivity index (χ2v) is 10.4. The highest BCUT2D eigenvalue weighted by Crippen LogP contribution is 2.31. The predicted molar refractivity (Wildman–Crippen MR) is 109 cm³/mol. The summed E-state index contributed by atoms with van der Waals surface area (Å²) >= 11 is 6.03. The van der Waals surface area contributed by atoms with Gasteiger partial charge in [-0.2, -0.15) is 17.5 Å². The Morgan fingerprint density at radius 2 is 1.48 bits per heavy atom. The zero-order chi connectivity index (χ0) is 23.6. The van der Waals surface area contributed by atoms with E-state index in [1.54, 1.807) is 13.8 Å². The molecule has 0 heterocycles. The second-order valence-electron chi connectivity index (χ2n) is 6.16. The van der Waals surface area contributed by atoms with Crippen molar-refractivity contribution in [1.29, 1.82) is 0 Å². The molecule has 31 heavy (non-hydrogen) atoms. The van der Waals surface area contributed by atoms with E-state index in [-0.39, 0.29) is 34.3 Å². The van der Waals surface area contributed by atoms with Crippen LogP contribution in [0.4, 0.5) is 18.9 Å². The third kappa shape index (κ3) is 5.20. The zero-order valence-corrected chi connectivity index (χ0v) is 18.7. The normalized spacial score (nSPS) is 12.7. The van der Waals surface area contributed by atoms with Crippen LogP contribution in [-0.2, 0) is 19.9 Å². The van der Waals surface area contributed by atoms with Crippen LogP contribution in [-0.4, -0.2) is 45.6 Å². The number of nitrogens with one attached hydrogen (secondary N) is 1. The van der Waals surface area contributed by atoms with Gasteiger partial charge in [0.25, 0.3) is 15.7 Å². The summed E-state index contributed by atoms with van der Waals surface area (Å²) in [5.74, 6) is -0.824. The molecule has 0 aliphatic rings. The van der Waals surface area contributed by atoms with Crippen LogP contribution < -0.4 is 5.32 Å². The van der Waals surface area contributed by atoms with Crippen molar-refractivity contribution < 1.29 is 34.8 Å². The van der Waals surface area contributed by atoms with Gasteiger partial charge >= 0.3 is 5.51 Å². The van der Waals surface area contributed by atoms with E-state index in [2.05, 4.69) is 5.32 Å². The number of amides is 1. The topological polar surface area (TPSA) is 101 Å². The molecule has 0 saturated carbocycles. The fraction of sp³-hybridized carbons (Fsp3) is 0.278. The summed E-state index contributed by atoms with van der Waals surface area (Å²) in [5, 5.41) is 2.41. The number of alkyl halides is 3. The van der Waals surface area contributed by atoms with Gasteiger partial charge in [0.15, 0.2) is 0 Å². The molecule has 0 bridgehead atoms. The van der Waals surface area contributed by atoms with Gasteiger partial charge < -0.3 is 5.32 Å². The first-order valence-corrected chi connectivity index (χ1v) is 12.1. The molecule has 13 heteroatoms. The number of sulfonamides is 1. The fourth-order valence-electron chi connectivity index (χ4n) is 2.59. The van der Waals surface area contributed by atoms with Crippen molar-refractivity contribution in [1.82, 2.24) is 4.31 Å². The van der Waals surface area contributed by atoms with Crippen LogP contribution >= 0.6 is 11.6 Å². The summed E-state index contributed by atoms with van der Waals surface area (Å²) in [7, 11) is -9.37. The fourth-order valence-corrected chi connectivity index (χ4v) is 5.00. The maximum absolute atomic E-state index is 12.6. The molecule has 0 saturated heterocycles. The van der Waals surface area contributed by atoms with Crippen molar-refractivity contribution in [2.75, 3.05) is 18.4 Å². The maximum atomic E-state index is 12.6. The Labute approximate surface area is 182 Å². The second kappa shape index (κ2) is 9.15. The summed E-state index contributed by atoms with van der Waals surface area (Å²) in [6, 6.07) is 6.84. The summed E-state index contributed by atoms with van der Waals surface area (Å²) in [6.07, 6.45) is 0. The first-order chi connectivity index (χ1) is 14.3. The molecule has 0 aliphatic heterocycles. The molecule has 0 fully saturated rings. The van der Waals surface area contributed by atoms with E-state index >= 15 is 0 Å². The van der Waals surface area contributed by atoms with Crippen LogP contribution in [0.15, 0.2) is 52.3 Å². The average Bonchev–Trinajstić information content (AvgIpc) is 2.69. The molecule has 0 radical (unpaired) electrons. The van der Waals surface area contributed by atoms with Crippen molar-refractivity contribution in [3.63, 3.8) is 0 Å². The van der Waals surface area contributed by atoms with E-state index in [0.717, 1.165) is 18.2 Å². The molecular formula is C18H18ClF3N2O5S2. The molecule has 0 aromatic heterocycles. The predicted octanol–water partition coefficient (Wildman–Crippen LogP) is 3.92.